The van der Waals surface area contributed by atoms with E-state index in [1.165, 1.54) is 42.5 Å². The van der Waals surface area contributed by atoms with Gasteiger partial charge >= 0.3 is 12.3 Å². The fraction of sp³-hybridized carbons (Fsp3) is 0.241. The van der Waals surface area contributed by atoms with Crippen molar-refractivity contribution in [2.45, 2.75) is 37.5 Å². The number of carbonyl (C=O) groups excluding carboxylic acids is 2. The lowest BCUT2D eigenvalue weighted by atomic mass is 10.1. The van der Waals surface area contributed by atoms with Gasteiger partial charge in [-0.15, -0.1) is 5.10 Å². The summed E-state index contributed by atoms with van der Waals surface area (Å²) in [7, 11) is 1.18. The molecule has 0 spiro atoms. The Morgan fingerprint density at radius 1 is 1.18 bits per heavy atom. The second-order valence-corrected chi connectivity index (χ2v) is 10.4. The molecule has 12 nitrogen and oxygen atoms in total. The zero-order valence-corrected chi connectivity index (χ0v) is 24.4. The molecule has 45 heavy (non-hydrogen) atoms. The quantitative estimate of drug-likeness (QED) is 0.157. The lowest BCUT2D eigenvalue weighted by Crippen LogP contribution is -2.36. The second-order valence-electron chi connectivity index (χ2n) is 9.93. The van der Waals surface area contributed by atoms with Crippen molar-refractivity contribution < 1.29 is 27.5 Å². The van der Waals surface area contributed by atoms with Crippen molar-refractivity contribution in [2.24, 2.45) is 0 Å². The summed E-state index contributed by atoms with van der Waals surface area (Å²) in [6.07, 6.45) is 3.95. The zero-order valence-electron chi connectivity index (χ0n) is 23.7. The number of carbonyl (C=O) groups is 2. The number of aromatic amines is 1. The van der Waals surface area contributed by atoms with Crippen LogP contribution in [0.4, 0.5) is 29.3 Å². The van der Waals surface area contributed by atoms with Crippen LogP contribution in [0.5, 0.6) is 0 Å². The van der Waals surface area contributed by atoms with Crippen molar-refractivity contribution in [3.8, 4) is 16.9 Å². The number of ether oxygens (including phenoxy) is 1. The van der Waals surface area contributed by atoms with Gasteiger partial charge in [0, 0.05) is 33.6 Å². The Hall–Kier alpha value is -5.18. The van der Waals surface area contributed by atoms with Gasteiger partial charge < -0.3 is 20.4 Å². The molecule has 1 unspecified atom stereocenters. The van der Waals surface area contributed by atoms with Crippen LogP contribution in [-0.2, 0) is 9.53 Å². The number of methoxy groups -OCH3 is 1. The SMILES string of the molecule is COC(=O)Nc1ccc2c(c1)NC(C(F)(F)F)CC/C=C/C[C@H](NC(=O)/C=C/c1cc(Cl)ccc1-n1cnnn1)c1ncc-2[nH]1. The number of fused-ring (bicyclic) bond motifs is 4. The predicted octanol–water partition coefficient (Wildman–Crippen LogP) is 5.84. The predicted molar refractivity (Wildman–Crippen MR) is 161 cm³/mol. The Bertz CT molecular complexity index is 1720. The highest BCUT2D eigenvalue weighted by Gasteiger charge is 2.39. The number of nitrogens with one attached hydrogen (secondary N) is 4. The summed E-state index contributed by atoms with van der Waals surface area (Å²) in [4.78, 5) is 32.4. The van der Waals surface area contributed by atoms with Crippen molar-refractivity contribution in [3.63, 3.8) is 0 Å². The Morgan fingerprint density at radius 2 is 2.02 bits per heavy atom. The van der Waals surface area contributed by atoms with E-state index in [0.29, 0.717) is 33.4 Å². The first-order valence-electron chi connectivity index (χ1n) is 13.6. The van der Waals surface area contributed by atoms with Crippen LogP contribution in [0.25, 0.3) is 23.0 Å². The first kappa shape index (κ1) is 31.3. The van der Waals surface area contributed by atoms with Gasteiger partial charge in [0.1, 0.15) is 18.2 Å². The summed E-state index contributed by atoms with van der Waals surface area (Å²) in [5.74, 6) is -0.0566. The topological polar surface area (TPSA) is 152 Å². The Balaban J connectivity index is 1.43. The molecule has 3 heterocycles. The summed E-state index contributed by atoms with van der Waals surface area (Å²) in [5, 5.41) is 19.6. The van der Waals surface area contributed by atoms with Crippen molar-refractivity contribution in [1.82, 2.24) is 35.5 Å². The molecule has 4 aromatic rings. The number of imidazole rings is 1. The maximum absolute atomic E-state index is 14.0. The van der Waals surface area contributed by atoms with Gasteiger partial charge in [-0.2, -0.15) is 17.9 Å². The molecule has 2 amide bonds. The van der Waals surface area contributed by atoms with Gasteiger partial charge in [0.15, 0.2) is 0 Å². The average molecular weight is 642 g/mol. The fourth-order valence-corrected chi connectivity index (χ4v) is 4.86. The van der Waals surface area contributed by atoms with E-state index in [-0.39, 0.29) is 30.6 Å². The van der Waals surface area contributed by atoms with E-state index in [4.69, 9.17) is 11.6 Å². The van der Waals surface area contributed by atoms with Crippen LogP contribution in [0, 0.1) is 0 Å². The molecule has 234 valence electrons. The zero-order chi connectivity index (χ0) is 32.0. The third-order valence-corrected chi connectivity index (χ3v) is 7.10. The van der Waals surface area contributed by atoms with E-state index in [1.54, 1.807) is 42.5 Å². The van der Waals surface area contributed by atoms with Crippen LogP contribution in [0.3, 0.4) is 0 Å². The lowest BCUT2D eigenvalue weighted by molar-refractivity contribution is -0.143. The van der Waals surface area contributed by atoms with Gasteiger partial charge in [0.25, 0.3) is 0 Å². The normalized spacial score (nSPS) is 17.6. The number of alkyl halides is 3. The van der Waals surface area contributed by atoms with Gasteiger partial charge in [-0.1, -0.05) is 23.8 Å². The van der Waals surface area contributed by atoms with E-state index in [0.717, 1.165) is 0 Å². The molecule has 5 rings (SSSR count). The molecular weight excluding hydrogens is 615 g/mol. The van der Waals surface area contributed by atoms with E-state index >= 15 is 0 Å². The Kier molecular flexibility index (Phi) is 9.47. The monoisotopic (exact) mass is 641 g/mol. The highest BCUT2D eigenvalue weighted by molar-refractivity contribution is 6.30. The summed E-state index contributed by atoms with van der Waals surface area (Å²) in [6.45, 7) is 0. The number of halogens is 4. The molecule has 2 atom stereocenters. The number of benzene rings is 2. The number of anilines is 2. The number of H-pyrrole nitrogens is 1. The lowest BCUT2D eigenvalue weighted by Gasteiger charge is -2.24. The number of amides is 2. The van der Waals surface area contributed by atoms with E-state index in [9.17, 15) is 22.8 Å². The molecule has 0 fully saturated rings. The highest BCUT2D eigenvalue weighted by atomic mass is 35.5. The number of aromatic nitrogens is 6. The maximum Gasteiger partial charge on any atom is 0.411 e. The maximum atomic E-state index is 14.0. The molecule has 4 N–H and O–H groups in total. The third kappa shape index (κ3) is 7.86. The first-order chi connectivity index (χ1) is 21.6. The number of hydrogen-bond donors (Lipinski definition) is 4. The van der Waals surface area contributed by atoms with Crippen LogP contribution in [0.2, 0.25) is 5.02 Å². The minimum Gasteiger partial charge on any atom is -0.453 e. The van der Waals surface area contributed by atoms with Crippen molar-refractivity contribution >= 4 is 41.1 Å². The van der Waals surface area contributed by atoms with Crippen molar-refractivity contribution in [2.75, 3.05) is 17.7 Å². The number of tetrazole rings is 1. The second kappa shape index (κ2) is 13.6. The van der Waals surface area contributed by atoms with Crippen molar-refractivity contribution in [3.05, 3.63) is 83.6 Å². The van der Waals surface area contributed by atoms with Crippen LogP contribution >= 0.6 is 11.6 Å². The fourth-order valence-electron chi connectivity index (χ4n) is 4.68. The Labute approximate surface area is 259 Å². The summed E-state index contributed by atoms with van der Waals surface area (Å²) >= 11 is 6.17. The summed E-state index contributed by atoms with van der Waals surface area (Å²) < 4.78 is 48.1. The van der Waals surface area contributed by atoms with E-state index < -0.39 is 30.3 Å². The molecule has 2 aromatic heterocycles. The van der Waals surface area contributed by atoms with Gasteiger partial charge in [0.2, 0.25) is 5.91 Å². The summed E-state index contributed by atoms with van der Waals surface area (Å²) in [5.41, 5.74) is 2.33. The summed E-state index contributed by atoms with van der Waals surface area (Å²) in [6, 6.07) is 7.02. The van der Waals surface area contributed by atoms with E-state index in [2.05, 4.69) is 46.2 Å². The Morgan fingerprint density at radius 3 is 2.78 bits per heavy atom. The van der Waals surface area contributed by atoms with Crippen LogP contribution in [0.15, 0.2) is 67.2 Å². The van der Waals surface area contributed by atoms with Crippen LogP contribution in [0.1, 0.15) is 36.7 Å². The first-order valence-corrected chi connectivity index (χ1v) is 14.0. The highest BCUT2D eigenvalue weighted by Crippen LogP contribution is 2.35. The smallest absolute Gasteiger partial charge is 0.411 e. The standard InChI is InChI=1S/C29H27ClF3N9O3/c1-45-28(44)36-19-9-10-20-22(14-19)37-25(29(31,32)33)6-4-2-3-5-21(27-34-15-23(20)39-27)38-26(43)12-7-17-13-18(30)8-11-24(17)42-16-35-40-41-42/h2-3,7-16,21,25,37H,4-6H2,1H3,(H,34,39)(H,36,44)(H,38,43)/b3-2+,12-7+/t21-,25?/m0/s1. The number of hydrogen-bond acceptors (Lipinski definition) is 8. The average Bonchev–Trinajstić information content (AvgIpc) is 3.71. The molecule has 0 radical (unpaired) electrons. The number of rotatable bonds is 5. The van der Waals surface area contributed by atoms with Gasteiger partial charge in [-0.25, -0.2) is 9.78 Å². The number of nitrogens with zero attached hydrogens (tertiary/aromatic N) is 5. The molecular formula is C29H27ClF3N9O3. The molecule has 16 heteroatoms. The molecule has 0 aliphatic carbocycles. The number of allylic oxidation sites excluding steroid dienone is 1. The third-order valence-electron chi connectivity index (χ3n) is 6.87. The van der Waals surface area contributed by atoms with Gasteiger partial charge in [-0.05, 0) is 72.2 Å². The van der Waals surface area contributed by atoms with Crippen LogP contribution < -0.4 is 16.0 Å². The molecule has 1 aliphatic heterocycles. The van der Waals surface area contributed by atoms with Crippen LogP contribution in [-0.4, -0.2) is 61.5 Å². The minimum absolute atomic E-state index is 0.116. The molecule has 0 saturated heterocycles. The van der Waals surface area contributed by atoms with Gasteiger partial charge in [0.05, 0.1) is 30.7 Å². The van der Waals surface area contributed by atoms with E-state index in [1.807, 2.05) is 0 Å². The molecule has 2 aromatic carbocycles. The largest absolute Gasteiger partial charge is 0.453 e. The van der Waals surface area contributed by atoms with Crippen molar-refractivity contribution in [1.29, 1.82) is 0 Å². The molecule has 0 saturated carbocycles. The van der Waals surface area contributed by atoms with Gasteiger partial charge in [-0.3, -0.25) is 10.1 Å². The minimum atomic E-state index is -4.55. The molecule has 2 bridgehead atoms. The molecule has 1 aliphatic rings.